The summed E-state index contributed by atoms with van der Waals surface area (Å²) in [7, 11) is 3.97. The molecule has 7 heteroatoms. The summed E-state index contributed by atoms with van der Waals surface area (Å²) in [5, 5.41) is 3.41. The predicted molar refractivity (Wildman–Crippen MR) is 158 cm³/mol. The van der Waals surface area contributed by atoms with Crippen molar-refractivity contribution in [3.63, 3.8) is 0 Å². The van der Waals surface area contributed by atoms with Gasteiger partial charge in [-0.05, 0) is 19.4 Å². The van der Waals surface area contributed by atoms with E-state index in [1.165, 1.54) is 96.0 Å². The molecule has 35 heavy (non-hydrogen) atoms. The van der Waals surface area contributed by atoms with Crippen LogP contribution in [0.1, 0.15) is 104 Å². The first kappa shape index (κ1) is 33.1. The van der Waals surface area contributed by atoms with Gasteiger partial charge in [0.1, 0.15) is 0 Å². The molecule has 1 N–H and O–H groups in total. The van der Waals surface area contributed by atoms with Gasteiger partial charge < -0.3 is 15.0 Å². The smallest absolute Gasteiger partial charge is 0.307 e. The van der Waals surface area contributed by atoms with Gasteiger partial charge in [0.25, 0.3) is 0 Å². The minimum atomic E-state index is -0.0211. The van der Waals surface area contributed by atoms with Crippen LogP contribution >= 0.6 is 21.6 Å². The Labute approximate surface area is 226 Å². The fourth-order valence-corrected chi connectivity index (χ4v) is 6.54. The number of piperazine rings is 1. The van der Waals surface area contributed by atoms with Crippen molar-refractivity contribution in [1.29, 1.82) is 0 Å². The zero-order chi connectivity index (χ0) is 25.2. The average Bonchev–Trinajstić information content (AvgIpc) is 2.88. The van der Waals surface area contributed by atoms with Crippen LogP contribution in [0.2, 0.25) is 0 Å². The lowest BCUT2D eigenvalue weighted by Gasteiger charge is -2.26. The summed E-state index contributed by atoms with van der Waals surface area (Å²) in [5.41, 5.74) is 0. The van der Waals surface area contributed by atoms with Gasteiger partial charge in [0.2, 0.25) is 0 Å². The van der Waals surface area contributed by atoms with E-state index in [2.05, 4.69) is 29.0 Å². The molecular weight excluding hydrogens is 474 g/mol. The summed E-state index contributed by atoms with van der Waals surface area (Å²) < 4.78 is 5.49. The van der Waals surface area contributed by atoms with Gasteiger partial charge in [-0.15, -0.1) is 0 Å². The summed E-state index contributed by atoms with van der Waals surface area (Å²) in [6.45, 7) is 13.9. The van der Waals surface area contributed by atoms with E-state index in [1.807, 2.05) is 21.6 Å². The molecule has 1 fully saturated rings. The van der Waals surface area contributed by atoms with E-state index in [9.17, 15) is 4.79 Å². The van der Waals surface area contributed by atoms with Gasteiger partial charge in [0, 0.05) is 57.3 Å². The molecule has 0 saturated carbocycles. The number of nitrogens with zero attached hydrogens (tertiary/aromatic N) is 2. The van der Waals surface area contributed by atoms with E-state index in [0.29, 0.717) is 13.0 Å². The van der Waals surface area contributed by atoms with Crippen LogP contribution in [0.3, 0.4) is 0 Å². The minimum Gasteiger partial charge on any atom is -0.466 e. The molecule has 0 unspecified atom stereocenters. The molecule has 0 aromatic carbocycles. The molecule has 0 spiro atoms. The van der Waals surface area contributed by atoms with Crippen LogP contribution in [-0.2, 0) is 9.53 Å². The van der Waals surface area contributed by atoms with Gasteiger partial charge in [0.05, 0.1) is 13.0 Å². The third kappa shape index (κ3) is 21.8. The quantitative estimate of drug-likeness (QED) is 0.0807. The largest absolute Gasteiger partial charge is 0.466 e. The summed E-state index contributed by atoms with van der Waals surface area (Å²) in [4.78, 5) is 17.1. The molecule has 1 heterocycles. The molecular formula is C28H57N3O2S2. The van der Waals surface area contributed by atoms with Crippen LogP contribution in [0.25, 0.3) is 0 Å². The maximum absolute atomic E-state index is 12.2. The molecule has 0 atom stereocenters. The van der Waals surface area contributed by atoms with Crippen LogP contribution in [0.5, 0.6) is 0 Å². The second-order valence-corrected chi connectivity index (χ2v) is 12.6. The number of rotatable bonds is 25. The number of hydrogen-bond donors (Lipinski definition) is 1. The maximum Gasteiger partial charge on any atom is 0.307 e. The Kier molecular flexibility index (Phi) is 24.3. The molecule has 0 amide bonds. The Bertz CT molecular complexity index is 465. The highest BCUT2D eigenvalue weighted by Gasteiger charge is 2.10. The third-order valence-corrected chi connectivity index (χ3v) is 9.07. The summed E-state index contributed by atoms with van der Waals surface area (Å²) in [6, 6.07) is 0. The average molecular weight is 532 g/mol. The van der Waals surface area contributed by atoms with Crippen molar-refractivity contribution in [1.82, 2.24) is 15.1 Å². The van der Waals surface area contributed by atoms with Gasteiger partial charge >= 0.3 is 5.97 Å². The van der Waals surface area contributed by atoms with E-state index < -0.39 is 0 Å². The molecule has 0 bridgehead atoms. The number of carbonyl (C=O) groups is 1. The molecule has 1 saturated heterocycles. The third-order valence-electron chi connectivity index (χ3n) is 6.71. The Morgan fingerprint density at radius 2 is 1.37 bits per heavy atom. The monoisotopic (exact) mass is 531 g/mol. The first-order valence-electron chi connectivity index (χ1n) is 14.8. The molecule has 1 aliphatic rings. The van der Waals surface area contributed by atoms with E-state index in [4.69, 9.17) is 4.74 Å². The van der Waals surface area contributed by atoms with Crippen LogP contribution in [-0.4, -0.2) is 86.2 Å². The highest BCUT2D eigenvalue weighted by atomic mass is 33.1. The van der Waals surface area contributed by atoms with E-state index in [0.717, 1.165) is 51.3 Å². The van der Waals surface area contributed by atoms with Gasteiger partial charge in [-0.1, -0.05) is 106 Å². The summed E-state index contributed by atoms with van der Waals surface area (Å²) >= 11 is 0. The number of hydrogen-bond acceptors (Lipinski definition) is 7. The lowest BCUT2D eigenvalue weighted by atomic mass is 10.1. The first-order chi connectivity index (χ1) is 17.3. The molecule has 0 aliphatic carbocycles. The van der Waals surface area contributed by atoms with E-state index >= 15 is 0 Å². The second kappa shape index (κ2) is 25.7. The lowest BCUT2D eigenvalue weighted by Crippen LogP contribution is -2.44. The minimum absolute atomic E-state index is 0.0211. The topological polar surface area (TPSA) is 44.8 Å². The molecule has 0 aromatic heterocycles. The standard InChI is InChI=1S/C28H57N3O2S2/c1-3-5-6-7-8-9-10-11-12-13-14-15-25-33-28(32)16-20-30(19-4-2)23-26-34-35-27-24-31-21-17-29-18-22-31/h29H,3-27H2,1-2H3. The van der Waals surface area contributed by atoms with Crippen LogP contribution in [0.15, 0.2) is 0 Å². The molecule has 1 aliphatic heterocycles. The lowest BCUT2D eigenvalue weighted by molar-refractivity contribution is -0.144. The number of nitrogens with one attached hydrogen (secondary N) is 1. The van der Waals surface area contributed by atoms with Crippen LogP contribution in [0.4, 0.5) is 0 Å². The number of esters is 1. The van der Waals surface area contributed by atoms with Crippen molar-refractivity contribution in [2.24, 2.45) is 0 Å². The Morgan fingerprint density at radius 1 is 0.771 bits per heavy atom. The zero-order valence-electron chi connectivity index (χ0n) is 23.2. The molecule has 5 nitrogen and oxygen atoms in total. The molecule has 0 aromatic rings. The van der Waals surface area contributed by atoms with Gasteiger partial charge in [-0.3, -0.25) is 9.69 Å². The van der Waals surface area contributed by atoms with E-state index in [1.54, 1.807) is 0 Å². The Hall–Kier alpha value is 0.0500. The first-order valence-corrected chi connectivity index (χ1v) is 17.3. The number of ether oxygens (including phenoxy) is 1. The Balaban J connectivity index is 1.90. The fraction of sp³-hybridized carbons (Fsp3) is 0.964. The normalized spacial score (nSPS) is 14.6. The summed E-state index contributed by atoms with van der Waals surface area (Å²) in [5.74, 6) is 2.30. The summed E-state index contributed by atoms with van der Waals surface area (Å²) in [6.07, 6.45) is 17.6. The van der Waals surface area contributed by atoms with E-state index in [-0.39, 0.29) is 5.97 Å². The fourth-order valence-electron chi connectivity index (χ4n) is 4.49. The second-order valence-electron chi connectivity index (χ2n) is 9.94. The Morgan fingerprint density at radius 3 is 2.00 bits per heavy atom. The molecule has 208 valence electrons. The van der Waals surface area contributed by atoms with Crippen molar-refractivity contribution < 1.29 is 9.53 Å². The molecule has 1 rings (SSSR count). The highest BCUT2D eigenvalue weighted by Crippen LogP contribution is 2.21. The predicted octanol–water partition coefficient (Wildman–Crippen LogP) is 6.62. The number of carbonyl (C=O) groups excluding carboxylic acids is 1. The highest BCUT2D eigenvalue weighted by molar-refractivity contribution is 8.76. The van der Waals surface area contributed by atoms with Crippen molar-refractivity contribution in [2.75, 3.05) is 70.5 Å². The zero-order valence-corrected chi connectivity index (χ0v) is 24.8. The van der Waals surface area contributed by atoms with Crippen LogP contribution in [0, 0.1) is 0 Å². The van der Waals surface area contributed by atoms with Gasteiger partial charge in [-0.25, -0.2) is 0 Å². The SMILES string of the molecule is CCCCCCCCCCCCCCOC(=O)CCN(CCC)CCSSCCN1CCNCC1. The van der Waals surface area contributed by atoms with Crippen molar-refractivity contribution >= 4 is 27.6 Å². The maximum atomic E-state index is 12.2. The van der Waals surface area contributed by atoms with Gasteiger partial charge in [-0.2, -0.15) is 0 Å². The van der Waals surface area contributed by atoms with Crippen molar-refractivity contribution in [3.8, 4) is 0 Å². The van der Waals surface area contributed by atoms with Gasteiger partial charge in [0.15, 0.2) is 0 Å². The van der Waals surface area contributed by atoms with Crippen molar-refractivity contribution in [3.05, 3.63) is 0 Å². The van der Waals surface area contributed by atoms with Crippen molar-refractivity contribution in [2.45, 2.75) is 104 Å². The molecule has 0 radical (unpaired) electrons. The van der Waals surface area contributed by atoms with Crippen LogP contribution < -0.4 is 5.32 Å². The number of unbranched alkanes of at least 4 members (excludes halogenated alkanes) is 11.